The summed E-state index contributed by atoms with van der Waals surface area (Å²) in [5.74, 6) is 1.93. The highest BCUT2D eigenvalue weighted by molar-refractivity contribution is 5.94. The first-order valence-corrected chi connectivity index (χ1v) is 12.9. The summed E-state index contributed by atoms with van der Waals surface area (Å²) in [6.45, 7) is 16.3. The van der Waals surface area contributed by atoms with E-state index in [0.717, 1.165) is 24.7 Å². The van der Waals surface area contributed by atoms with Crippen molar-refractivity contribution in [3.8, 4) is 0 Å². The molecule has 31 heavy (non-hydrogen) atoms. The van der Waals surface area contributed by atoms with Crippen LogP contribution in [-0.2, 0) is 9.59 Å². The number of Topliss-reactive ketones (excluding diaryl/α,β-unsaturated/α-hetero) is 2. The van der Waals surface area contributed by atoms with Gasteiger partial charge in [-0.25, -0.2) is 0 Å². The summed E-state index contributed by atoms with van der Waals surface area (Å²) >= 11 is 0. The molecule has 0 N–H and O–H groups in total. The Kier molecular flexibility index (Phi) is 5.71. The summed E-state index contributed by atoms with van der Waals surface area (Å²) in [4.78, 5) is 26.0. The second-order valence-electron chi connectivity index (χ2n) is 12.5. The highest BCUT2D eigenvalue weighted by Gasteiger charge is 2.63. The van der Waals surface area contributed by atoms with Crippen LogP contribution in [-0.4, -0.2) is 11.6 Å². The number of rotatable bonds is 4. The maximum Gasteiger partial charge on any atom is 0.141 e. The van der Waals surface area contributed by atoms with Gasteiger partial charge in [0.2, 0.25) is 0 Å². The monoisotopic (exact) mass is 424 g/mol. The molecule has 0 saturated heterocycles. The van der Waals surface area contributed by atoms with Gasteiger partial charge >= 0.3 is 0 Å². The Morgan fingerprint density at radius 2 is 1.74 bits per heavy atom. The molecule has 4 aliphatic carbocycles. The topological polar surface area (TPSA) is 34.1 Å². The molecule has 0 aliphatic heterocycles. The van der Waals surface area contributed by atoms with Crippen LogP contribution < -0.4 is 0 Å². The third-order valence-electron chi connectivity index (χ3n) is 10.8. The molecule has 2 heteroatoms. The van der Waals surface area contributed by atoms with Crippen molar-refractivity contribution in [3.63, 3.8) is 0 Å². The summed E-state index contributed by atoms with van der Waals surface area (Å²) in [5, 5.41) is 0. The van der Waals surface area contributed by atoms with Crippen molar-refractivity contribution in [3.05, 3.63) is 22.8 Å². The SMILES string of the molecule is CC(C)=CCCC(C)C1CCC2(C)C3=C(CCC12C)C1(C)CCC(=O)C(C)C1C(=O)C3. The van der Waals surface area contributed by atoms with Crippen LogP contribution in [0.1, 0.15) is 106 Å². The molecular weight excluding hydrogens is 380 g/mol. The Bertz CT molecular complexity index is 843. The van der Waals surface area contributed by atoms with Crippen molar-refractivity contribution in [1.29, 1.82) is 0 Å². The Labute approximate surface area is 190 Å². The summed E-state index contributed by atoms with van der Waals surface area (Å²) in [6, 6.07) is 0. The number of allylic oxidation sites excluding steroid dienone is 4. The highest BCUT2D eigenvalue weighted by atomic mass is 16.1. The standard InChI is InChI=1S/C29H44O2/c1-18(2)9-8-10-19(3)21-11-15-29(7)23-17-25(31)26-20(4)24(30)13-14-27(26,5)22(23)12-16-28(21,29)6/h9,19-21,26H,8,10-17H2,1-7H3. The number of hydrogen-bond acceptors (Lipinski definition) is 2. The fourth-order valence-electron chi connectivity index (χ4n) is 8.72. The van der Waals surface area contributed by atoms with E-state index in [0.29, 0.717) is 24.4 Å². The summed E-state index contributed by atoms with van der Waals surface area (Å²) in [6.07, 6.45) is 11.9. The van der Waals surface area contributed by atoms with Gasteiger partial charge in [-0.05, 0) is 86.9 Å². The highest BCUT2D eigenvalue weighted by Crippen LogP contribution is 2.71. The van der Waals surface area contributed by atoms with Gasteiger partial charge in [0.1, 0.15) is 11.6 Å². The molecule has 2 nitrogen and oxygen atoms in total. The van der Waals surface area contributed by atoms with Crippen molar-refractivity contribution in [2.24, 2.45) is 39.9 Å². The molecule has 7 unspecified atom stereocenters. The van der Waals surface area contributed by atoms with Crippen LogP contribution in [0.4, 0.5) is 0 Å². The molecule has 7 atom stereocenters. The minimum absolute atomic E-state index is 0.0827. The molecule has 0 amide bonds. The maximum absolute atomic E-state index is 13.5. The van der Waals surface area contributed by atoms with Gasteiger partial charge in [0.05, 0.1) is 0 Å². The molecule has 2 saturated carbocycles. The molecule has 0 heterocycles. The average molecular weight is 425 g/mol. The van der Waals surface area contributed by atoms with Crippen molar-refractivity contribution < 1.29 is 9.59 Å². The van der Waals surface area contributed by atoms with Crippen molar-refractivity contribution in [2.45, 2.75) is 106 Å². The Morgan fingerprint density at radius 3 is 2.42 bits per heavy atom. The minimum Gasteiger partial charge on any atom is -0.299 e. The molecule has 0 aromatic heterocycles. The molecule has 2 fully saturated rings. The second-order valence-corrected chi connectivity index (χ2v) is 12.5. The third kappa shape index (κ3) is 3.25. The molecule has 172 valence electrons. The first-order chi connectivity index (χ1) is 14.5. The van der Waals surface area contributed by atoms with Crippen LogP contribution >= 0.6 is 0 Å². The second kappa shape index (κ2) is 7.70. The van der Waals surface area contributed by atoms with Crippen LogP contribution in [0.5, 0.6) is 0 Å². The predicted octanol–water partition coefficient (Wildman–Crippen LogP) is 7.48. The van der Waals surface area contributed by atoms with E-state index in [9.17, 15) is 9.59 Å². The Morgan fingerprint density at radius 1 is 1.03 bits per heavy atom. The molecule has 0 aromatic carbocycles. The van der Waals surface area contributed by atoms with E-state index in [2.05, 4.69) is 47.6 Å². The van der Waals surface area contributed by atoms with Crippen molar-refractivity contribution >= 4 is 11.6 Å². The molecule has 0 aromatic rings. The molecular formula is C29H44O2. The normalized spacial score (nSPS) is 43.3. The van der Waals surface area contributed by atoms with Crippen LogP contribution in [0.3, 0.4) is 0 Å². The van der Waals surface area contributed by atoms with E-state index < -0.39 is 0 Å². The fraction of sp³-hybridized carbons (Fsp3) is 0.793. The van der Waals surface area contributed by atoms with Gasteiger partial charge in [0.25, 0.3) is 0 Å². The summed E-state index contributed by atoms with van der Waals surface area (Å²) < 4.78 is 0. The van der Waals surface area contributed by atoms with E-state index in [-0.39, 0.29) is 28.1 Å². The quantitative estimate of drug-likeness (QED) is 0.438. The summed E-state index contributed by atoms with van der Waals surface area (Å²) in [5.41, 5.74) is 4.86. The maximum atomic E-state index is 13.5. The van der Waals surface area contributed by atoms with E-state index in [1.54, 1.807) is 5.57 Å². The lowest BCUT2D eigenvalue weighted by Crippen LogP contribution is -2.54. The van der Waals surface area contributed by atoms with Gasteiger partial charge < -0.3 is 0 Å². The van der Waals surface area contributed by atoms with Crippen LogP contribution in [0.25, 0.3) is 0 Å². The first-order valence-electron chi connectivity index (χ1n) is 12.9. The van der Waals surface area contributed by atoms with Crippen LogP contribution in [0, 0.1) is 39.9 Å². The van der Waals surface area contributed by atoms with Gasteiger partial charge in [0, 0.05) is 24.7 Å². The van der Waals surface area contributed by atoms with Crippen molar-refractivity contribution in [2.75, 3.05) is 0 Å². The number of hydrogen-bond donors (Lipinski definition) is 0. The Balaban J connectivity index is 1.68. The zero-order chi connectivity index (χ0) is 22.8. The van der Waals surface area contributed by atoms with E-state index in [1.807, 2.05) is 6.92 Å². The Hall–Kier alpha value is -1.18. The lowest BCUT2D eigenvalue weighted by atomic mass is 9.45. The molecule has 0 spiro atoms. The number of ketones is 2. The molecule has 0 radical (unpaired) electrons. The fourth-order valence-corrected chi connectivity index (χ4v) is 8.72. The van der Waals surface area contributed by atoms with E-state index in [4.69, 9.17) is 0 Å². The lowest BCUT2D eigenvalue weighted by Gasteiger charge is -2.58. The van der Waals surface area contributed by atoms with Gasteiger partial charge in [-0.3, -0.25) is 9.59 Å². The van der Waals surface area contributed by atoms with Gasteiger partial charge in [-0.15, -0.1) is 0 Å². The smallest absolute Gasteiger partial charge is 0.141 e. The summed E-state index contributed by atoms with van der Waals surface area (Å²) in [7, 11) is 0. The zero-order valence-electron chi connectivity index (χ0n) is 21.1. The van der Waals surface area contributed by atoms with Gasteiger partial charge in [0.15, 0.2) is 0 Å². The van der Waals surface area contributed by atoms with E-state index >= 15 is 0 Å². The van der Waals surface area contributed by atoms with Crippen molar-refractivity contribution in [1.82, 2.24) is 0 Å². The van der Waals surface area contributed by atoms with Gasteiger partial charge in [-0.2, -0.15) is 0 Å². The first kappa shape index (κ1) is 23.0. The average Bonchev–Trinajstić information content (AvgIpc) is 2.97. The predicted molar refractivity (Wildman–Crippen MR) is 128 cm³/mol. The molecule has 0 bridgehead atoms. The lowest BCUT2D eigenvalue weighted by molar-refractivity contribution is -0.142. The largest absolute Gasteiger partial charge is 0.299 e. The van der Waals surface area contributed by atoms with Crippen LogP contribution in [0.2, 0.25) is 0 Å². The number of fused-ring (bicyclic) bond motifs is 4. The third-order valence-corrected chi connectivity index (χ3v) is 10.8. The van der Waals surface area contributed by atoms with Gasteiger partial charge in [-0.1, -0.05) is 57.4 Å². The molecule has 4 rings (SSSR count). The van der Waals surface area contributed by atoms with Crippen LogP contribution in [0.15, 0.2) is 22.8 Å². The molecule has 4 aliphatic rings. The number of carbonyl (C=O) groups is 2. The minimum atomic E-state index is -0.104. The number of carbonyl (C=O) groups excluding carboxylic acids is 2. The zero-order valence-corrected chi connectivity index (χ0v) is 21.1. The van der Waals surface area contributed by atoms with E-state index in [1.165, 1.54) is 43.3 Å².